The maximum Gasteiger partial charge on any atom is 0.225 e. The summed E-state index contributed by atoms with van der Waals surface area (Å²) in [6.07, 6.45) is 0. The molecule has 16 heavy (non-hydrogen) atoms. The first-order valence-corrected chi connectivity index (χ1v) is 4.87. The van der Waals surface area contributed by atoms with Crippen LogP contribution >= 0.6 is 0 Å². The van der Waals surface area contributed by atoms with Crippen molar-refractivity contribution in [2.45, 2.75) is 0 Å². The van der Waals surface area contributed by atoms with E-state index in [-0.39, 0.29) is 12.6 Å². The highest BCUT2D eigenvalue weighted by atomic mass is 16.5. The number of methoxy groups -OCH3 is 1. The first-order valence-electron chi connectivity index (χ1n) is 4.87. The average Bonchev–Trinajstić information content (AvgIpc) is 2.28. The molecule has 0 aromatic carbocycles. The Hall–Kier alpha value is -1.60. The summed E-state index contributed by atoms with van der Waals surface area (Å²) < 4.78 is 10.0. The number of nitrogens with zero attached hydrogens (tertiary/aromatic N) is 2. The van der Waals surface area contributed by atoms with Crippen LogP contribution in [0, 0.1) is 0 Å². The van der Waals surface area contributed by atoms with Crippen LogP contribution < -0.4 is 15.8 Å². The number of ether oxygens (including phenoxy) is 2. The summed E-state index contributed by atoms with van der Waals surface area (Å²) >= 11 is 0. The number of hydrogen-bond donors (Lipinski definition) is 3. The van der Waals surface area contributed by atoms with Crippen molar-refractivity contribution in [1.82, 2.24) is 9.97 Å². The predicted octanol–water partition coefficient (Wildman–Crippen LogP) is -0.512. The summed E-state index contributed by atoms with van der Waals surface area (Å²) in [5, 5.41) is 11.5. The van der Waals surface area contributed by atoms with Gasteiger partial charge in [-0.15, -0.1) is 0 Å². The van der Waals surface area contributed by atoms with Crippen LogP contribution in [0.3, 0.4) is 0 Å². The topological polar surface area (TPSA) is 103 Å². The van der Waals surface area contributed by atoms with E-state index in [1.807, 2.05) is 0 Å². The van der Waals surface area contributed by atoms with Crippen LogP contribution in [-0.4, -0.2) is 48.5 Å². The second-order valence-corrected chi connectivity index (χ2v) is 2.92. The SMILES string of the molecule is COc1cc(NCCOCCO)nc(N)n1. The van der Waals surface area contributed by atoms with Gasteiger partial charge in [0.2, 0.25) is 11.8 Å². The van der Waals surface area contributed by atoms with Gasteiger partial charge in [0.25, 0.3) is 0 Å². The molecule has 0 bridgehead atoms. The number of nitrogens with two attached hydrogens (primary N) is 1. The average molecular weight is 228 g/mol. The third kappa shape index (κ3) is 4.28. The smallest absolute Gasteiger partial charge is 0.225 e. The van der Waals surface area contributed by atoms with Gasteiger partial charge in [0.15, 0.2) is 0 Å². The van der Waals surface area contributed by atoms with E-state index in [0.29, 0.717) is 31.5 Å². The van der Waals surface area contributed by atoms with Crippen molar-refractivity contribution in [2.24, 2.45) is 0 Å². The molecule has 1 aromatic heterocycles. The minimum atomic E-state index is 0.0221. The minimum absolute atomic E-state index is 0.0221. The Balaban J connectivity index is 2.38. The molecule has 7 heteroatoms. The number of anilines is 2. The number of nitrogens with one attached hydrogen (secondary N) is 1. The fraction of sp³-hybridized carbons (Fsp3) is 0.556. The largest absolute Gasteiger partial charge is 0.481 e. The maximum absolute atomic E-state index is 8.49. The lowest BCUT2D eigenvalue weighted by Gasteiger charge is -2.07. The number of aromatic nitrogens is 2. The Morgan fingerprint density at radius 2 is 2.25 bits per heavy atom. The zero-order valence-electron chi connectivity index (χ0n) is 9.14. The second-order valence-electron chi connectivity index (χ2n) is 2.92. The van der Waals surface area contributed by atoms with Crippen molar-refractivity contribution >= 4 is 11.8 Å². The van der Waals surface area contributed by atoms with Gasteiger partial charge in [-0.1, -0.05) is 0 Å². The highest BCUT2D eigenvalue weighted by molar-refractivity contribution is 5.42. The van der Waals surface area contributed by atoms with Crippen molar-refractivity contribution in [3.8, 4) is 5.88 Å². The van der Waals surface area contributed by atoms with Crippen molar-refractivity contribution in [1.29, 1.82) is 0 Å². The van der Waals surface area contributed by atoms with E-state index >= 15 is 0 Å². The van der Waals surface area contributed by atoms with E-state index in [1.54, 1.807) is 6.07 Å². The van der Waals surface area contributed by atoms with Crippen LogP contribution in [0.15, 0.2) is 6.07 Å². The van der Waals surface area contributed by atoms with Gasteiger partial charge < -0.3 is 25.6 Å². The molecular formula is C9H16N4O3. The molecule has 0 saturated heterocycles. The first kappa shape index (κ1) is 12.5. The standard InChI is InChI=1S/C9H16N4O3/c1-15-8-6-7(12-9(10)13-8)11-2-4-16-5-3-14/h6,14H,2-5H2,1H3,(H3,10,11,12,13). The van der Waals surface area contributed by atoms with Gasteiger partial charge >= 0.3 is 0 Å². The van der Waals surface area contributed by atoms with E-state index < -0.39 is 0 Å². The van der Waals surface area contributed by atoms with Gasteiger partial charge in [-0.3, -0.25) is 0 Å². The number of aliphatic hydroxyl groups excluding tert-OH is 1. The Labute approximate surface area is 93.6 Å². The fourth-order valence-corrected chi connectivity index (χ4v) is 1.06. The summed E-state index contributed by atoms with van der Waals surface area (Å²) in [5.41, 5.74) is 5.48. The quantitative estimate of drug-likeness (QED) is 0.540. The molecule has 1 aromatic rings. The van der Waals surface area contributed by atoms with E-state index in [4.69, 9.17) is 20.3 Å². The van der Waals surface area contributed by atoms with E-state index in [0.717, 1.165) is 0 Å². The zero-order chi connectivity index (χ0) is 11.8. The van der Waals surface area contributed by atoms with Gasteiger partial charge in [0, 0.05) is 12.6 Å². The normalized spacial score (nSPS) is 10.1. The predicted molar refractivity (Wildman–Crippen MR) is 59.4 cm³/mol. The van der Waals surface area contributed by atoms with Crippen molar-refractivity contribution in [3.63, 3.8) is 0 Å². The van der Waals surface area contributed by atoms with Gasteiger partial charge in [0.1, 0.15) is 5.82 Å². The summed E-state index contributed by atoms with van der Waals surface area (Å²) in [5.74, 6) is 1.14. The number of hydrogen-bond acceptors (Lipinski definition) is 7. The van der Waals surface area contributed by atoms with Gasteiger partial charge in [-0.05, 0) is 0 Å². The van der Waals surface area contributed by atoms with E-state index in [9.17, 15) is 0 Å². The van der Waals surface area contributed by atoms with Crippen LogP contribution in [0.4, 0.5) is 11.8 Å². The van der Waals surface area contributed by atoms with Crippen LogP contribution in [-0.2, 0) is 4.74 Å². The summed E-state index contributed by atoms with van der Waals surface area (Å²) in [6, 6.07) is 1.64. The van der Waals surface area contributed by atoms with Gasteiger partial charge in [-0.2, -0.15) is 9.97 Å². The van der Waals surface area contributed by atoms with E-state index in [2.05, 4.69) is 15.3 Å². The Morgan fingerprint density at radius 3 is 2.94 bits per heavy atom. The zero-order valence-corrected chi connectivity index (χ0v) is 9.14. The molecule has 90 valence electrons. The number of nitrogen functional groups attached to an aromatic ring is 1. The number of aliphatic hydroxyl groups is 1. The molecule has 1 heterocycles. The van der Waals surface area contributed by atoms with Crippen LogP contribution in [0.5, 0.6) is 5.88 Å². The fourth-order valence-electron chi connectivity index (χ4n) is 1.06. The lowest BCUT2D eigenvalue weighted by Crippen LogP contribution is -2.13. The Bertz CT molecular complexity index is 322. The van der Waals surface area contributed by atoms with Crippen LogP contribution in [0.1, 0.15) is 0 Å². The van der Waals surface area contributed by atoms with Gasteiger partial charge in [-0.25, -0.2) is 0 Å². The third-order valence-corrected chi connectivity index (χ3v) is 1.72. The molecule has 0 amide bonds. The van der Waals surface area contributed by atoms with Crippen molar-refractivity contribution in [3.05, 3.63) is 6.07 Å². The molecule has 1 rings (SSSR count). The highest BCUT2D eigenvalue weighted by Crippen LogP contribution is 2.13. The van der Waals surface area contributed by atoms with Gasteiger partial charge in [0.05, 0.1) is 26.9 Å². The molecule has 4 N–H and O–H groups in total. The molecule has 0 aliphatic carbocycles. The minimum Gasteiger partial charge on any atom is -0.481 e. The lowest BCUT2D eigenvalue weighted by molar-refractivity contribution is 0.0992. The monoisotopic (exact) mass is 228 g/mol. The third-order valence-electron chi connectivity index (χ3n) is 1.72. The molecule has 0 unspecified atom stereocenters. The Morgan fingerprint density at radius 1 is 1.44 bits per heavy atom. The highest BCUT2D eigenvalue weighted by Gasteiger charge is 2.01. The molecule has 0 fully saturated rings. The molecule has 0 radical (unpaired) electrons. The number of rotatable bonds is 7. The molecule has 0 aliphatic rings. The molecular weight excluding hydrogens is 212 g/mol. The lowest BCUT2D eigenvalue weighted by atomic mass is 10.5. The Kier molecular flexibility index (Phi) is 5.30. The van der Waals surface area contributed by atoms with Crippen molar-refractivity contribution < 1.29 is 14.6 Å². The van der Waals surface area contributed by atoms with E-state index in [1.165, 1.54) is 7.11 Å². The van der Waals surface area contributed by atoms with Crippen LogP contribution in [0.25, 0.3) is 0 Å². The summed E-state index contributed by atoms with van der Waals surface area (Å²) in [4.78, 5) is 7.82. The molecule has 0 spiro atoms. The van der Waals surface area contributed by atoms with Crippen molar-refractivity contribution in [2.75, 3.05) is 44.5 Å². The van der Waals surface area contributed by atoms with Crippen LogP contribution in [0.2, 0.25) is 0 Å². The molecule has 0 saturated carbocycles. The second kappa shape index (κ2) is 6.81. The molecule has 0 atom stereocenters. The summed E-state index contributed by atoms with van der Waals surface area (Å²) in [6.45, 7) is 1.40. The first-order chi connectivity index (χ1) is 7.76. The molecule has 0 aliphatic heterocycles. The molecule has 7 nitrogen and oxygen atoms in total. The summed E-state index contributed by atoms with van der Waals surface area (Å²) in [7, 11) is 1.51. The maximum atomic E-state index is 8.49.